The third-order valence-electron chi connectivity index (χ3n) is 15.8. The topological polar surface area (TPSA) is 206 Å². The number of hydrogen-bond acceptors (Lipinski definition) is 16. The number of esters is 2. The third kappa shape index (κ3) is 14.0. The molecule has 0 aromatic heterocycles. The highest BCUT2D eigenvalue weighted by Gasteiger charge is 2.53. The fraction of sp³-hybridized carbons (Fsp3) is 0.745. The lowest BCUT2D eigenvalue weighted by Gasteiger charge is -2.48. The predicted octanol–water partition coefficient (Wildman–Crippen LogP) is 5.81. The number of nitrogens with zero attached hydrogens (tertiary/aromatic N) is 2. The molecule has 5 N–H and O–H groups in total. The van der Waals surface area contributed by atoms with Crippen molar-refractivity contribution in [1.29, 1.82) is 0 Å². The van der Waals surface area contributed by atoms with Gasteiger partial charge >= 0.3 is 11.9 Å². The van der Waals surface area contributed by atoms with E-state index in [9.17, 15) is 35.1 Å². The molecule has 1 unspecified atom stereocenters. The number of methoxy groups -OCH3 is 1. The van der Waals surface area contributed by atoms with Gasteiger partial charge in [0.05, 0.1) is 54.1 Å². The zero-order valence-corrected chi connectivity index (χ0v) is 45.2. The molecule has 2 aromatic carbocycles. The van der Waals surface area contributed by atoms with Crippen LogP contribution in [0.25, 0.3) is 11.1 Å². The quantitative estimate of drug-likeness (QED) is 0.112. The molecule has 0 bridgehead atoms. The number of likely N-dealkylation sites (N-methyl/N-ethyl adjacent to an activating group) is 1. The molecule has 0 aliphatic carbocycles. The third-order valence-corrected chi connectivity index (χ3v) is 15.8. The Labute approximate surface area is 427 Å². The number of benzene rings is 2. The second-order valence-electron chi connectivity index (χ2n) is 22.1. The monoisotopic (exact) mass is 1020 g/mol. The molecule has 0 radical (unpaired) electrons. The van der Waals surface area contributed by atoms with Crippen LogP contribution in [0.4, 0.5) is 4.39 Å². The average Bonchev–Trinajstić information content (AvgIpc) is 3.33. The summed E-state index contributed by atoms with van der Waals surface area (Å²) in [5, 5.41) is 60.1. The zero-order valence-electron chi connectivity index (χ0n) is 45.2. The van der Waals surface area contributed by atoms with Crippen LogP contribution in [0, 0.1) is 23.6 Å². The molecular formula is C55H87FN2O14. The van der Waals surface area contributed by atoms with Crippen LogP contribution in [-0.4, -0.2) is 178 Å². The summed E-state index contributed by atoms with van der Waals surface area (Å²) in [5.41, 5.74) is -3.13. The average molecular weight is 1020 g/mol. The van der Waals surface area contributed by atoms with Crippen molar-refractivity contribution in [3.8, 4) is 11.1 Å². The van der Waals surface area contributed by atoms with Gasteiger partial charge in [0.2, 0.25) is 0 Å². The van der Waals surface area contributed by atoms with E-state index in [2.05, 4.69) is 0 Å². The van der Waals surface area contributed by atoms with E-state index in [0.29, 0.717) is 24.0 Å². The van der Waals surface area contributed by atoms with E-state index in [-0.39, 0.29) is 57.0 Å². The zero-order chi connectivity index (χ0) is 53.6. The molecule has 3 aliphatic heterocycles. The lowest BCUT2D eigenvalue weighted by molar-refractivity contribution is -0.318. The molecule has 408 valence electrons. The molecule has 72 heavy (non-hydrogen) atoms. The second kappa shape index (κ2) is 25.1. The Balaban J connectivity index is 1.46. The van der Waals surface area contributed by atoms with E-state index in [1.165, 1.54) is 20.1 Å². The highest BCUT2D eigenvalue weighted by Crippen LogP contribution is 2.40. The Bertz CT molecular complexity index is 2050. The molecule has 3 heterocycles. The molecule has 5 rings (SSSR count). The van der Waals surface area contributed by atoms with E-state index < -0.39 is 114 Å². The van der Waals surface area contributed by atoms with Crippen molar-refractivity contribution in [3.05, 3.63) is 59.9 Å². The van der Waals surface area contributed by atoms with Gasteiger partial charge in [-0.15, -0.1) is 0 Å². The van der Waals surface area contributed by atoms with Gasteiger partial charge in [-0.3, -0.25) is 14.5 Å². The molecule has 19 atom stereocenters. The fourth-order valence-electron chi connectivity index (χ4n) is 11.3. The first-order chi connectivity index (χ1) is 33.7. The highest BCUT2D eigenvalue weighted by molar-refractivity contribution is 5.78. The van der Waals surface area contributed by atoms with Gasteiger partial charge in [0, 0.05) is 50.2 Å². The van der Waals surface area contributed by atoms with Crippen molar-refractivity contribution in [2.24, 2.45) is 17.8 Å². The van der Waals surface area contributed by atoms with E-state index in [4.69, 9.17) is 33.2 Å². The van der Waals surface area contributed by atoms with Gasteiger partial charge in [0.25, 0.3) is 0 Å². The minimum atomic E-state index is -1.97. The molecule has 0 spiro atoms. The summed E-state index contributed by atoms with van der Waals surface area (Å²) < 4.78 is 59.1. The summed E-state index contributed by atoms with van der Waals surface area (Å²) in [6, 6.07) is 12.8. The van der Waals surface area contributed by atoms with Crippen molar-refractivity contribution in [2.75, 3.05) is 40.9 Å². The maximum atomic E-state index is 15.3. The number of carbonyl (C=O) groups is 2. The Morgan fingerprint density at radius 1 is 0.944 bits per heavy atom. The van der Waals surface area contributed by atoms with Crippen LogP contribution >= 0.6 is 0 Å². The van der Waals surface area contributed by atoms with Crippen molar-refractivity contribution < 1.29 is 72.7 Å². The van der Waals surface area contributed by atoms with Gasteiger partial charge in [0.15, 0.2) is 12.6 Å². The summed E-state index contributed by atoms with van der Waals surface area (Å²) >= 11 is 0. The van der Waals surface area contributed by atoms with Gasteiger partial charge < -0.3 is 63.6 Å². The maximum absolute atomic E-state index is 15.3. The van der Waals surface area contributed by atoms with E-state index >= 15 is 4.39 Å². The molecule has 16 nitrogen and oxygen atoms in total. The van der Waals surface area contributed by atoms with Gasteiger partial charge in [-0.05, 0) is 118 Å². The maximum Gasteiger partial charge on any atom is 0.313 e. The molecular weight excluding hydrogens is 932 g/mol. The number of ether oxygens (including phenoxy) is 7. The molecule has 0 amide bonds. The molecule has 17 heteroatoms. The Morgan fingerprint density at radius 3 is 2.22 bits per heavy atom. The van der Waals surface area contributed by atoms with Crippen LogP contribution in [-0.2, 0) is 42.7 Å². The van der Waals surface area contributed by atoms with Crippen LogP contribution in [0.5, 0.6) is 0 Å². The van der Waals surface area contributed by atoms with Crippen LogP contribution in [0.1, 0.15) is 120 Å². The molecule has 2 aromatic rings. The minimum absolute atomic E-state index is 0.000474. The first-order valence-corrected chi connectivity index (χ1v) is 26.0. The second-order valence-corrected chi connectivity index (χ2v) is 22.1. The molecule has 0 saturated carbocycles. The predicted molar refractivity (Wildman–Crippen MR) is 269 cm³/mol. The number of halogens is 1. The number of cyclic esters (lactones) is 1. The summed E-state index contributed by atoms with van der Waals surface area (Å²) in [7, 11) is 5.22. The number of aliphatic hydroxyl groups is 5. The summed E-state index contributed by atoms with van der Waals surface area (Å²) in [6.07, 6.45) is -9.11. The van der Waals surface area contributed by atoms with Crippen molar-refractivity contribution >= 4 is 11.9 Å². The number of hydrogen-bond donors (Lipinski definition) is 5. The van der Waals surface area contributed by atoms with Gasteiger partial charge in [-0.2, -0.15) is 0 Å². The van der Waals surface area contributed by atoms with Crippen LogP contribution in [0.2, 0.25) is 0 Å². The first kappa shape index (κ1) is 59.7. The molecule has 3 fully saturated rings. The summed E-state index contributed by atoms with van der Waals surface area (Å²) in [5.74, 6) is -4.75. The Kier molecular flexibility index (Phi) is 20.8. The van der Waals surface area contributed by atoms with Crippen LogP contribution in [0.3, 0.4) is 0 Å². The Hall–Kier alpha value is -3.17. The van der Waals surface area contributed by atoms with Crippen LogP contribution in [0.15, 0.2) is 48.5 Å². The smallest absolute Gasteiger partial charge is 0.313 e. The van der Waals surface area contributed by atoms with Crippen molar-refractivity contribution in [2.45, 2.75) is 204 Å². The van der Waals surface area contributed by atoms with Crippen molar-refractivity contribution in [1.82, 2.24) is 9.80 Å². The van der Waals surface area contributed by atoms with Gasteiger partial charge in [-0.1, -0.05) is 63.2 Å². The van der Waals surface area contributed by atoms with Crippen LogP contribution < -0.4 is 0 Å². The number of carbonyl (C=O) groups excluding carboxylic acids is 2. The number of aliphatic hydroxyl groups excluding tert-OH is 3. The normalized spacial score (nSPS) is 39.4. The first-order valence-electron chi connectivity index (χ1n) is 26.0. The molecule has 3 aliphatic rings. The highest BCUT2D eigenvalue weighted by atomic mass is 19.1. The SMILES string of the molecule is CC[C@H]1OC(=O)[C@H](C)[C@@H](O[C@H]2C[C@@](C)(OC)[C@@H](O)[C@H](C)O2)[C@H](C)[C@@H](O[C@@H]2O[C@H](C)C[C@H](N(C)C)[C@H]2O)[C@](C)(O)C[C@@H](C)CN(CCCOC(=O)C(C)c2ccc(-c3ccccc3)c(F)c2)[C@H](C)[C@@H](O)[C@]1(C)O. The lowest BCUT2D eigenvalue weighted by atomic mass is 9.77. The largest absolute Gasteiger partial charge is 0.465 e. The fourth-order valence-corrected chi connectivity index (χ4v) is 11.3. The van der Waals surface area contributed by atoms with E-state index in [1.807, 2.05) is 68.1 Å². The van der Waals surface area contributed by atoms with E-state index in [0.717, 1.165) is 5.56 Å². The Morgan fingerprint density at radius 2 is 1.61 bits per heavy atom. The van der Waals surface area contributed by atoms with Gasteiger partial charge in [-0.25, -0.2) is 4.39 Å². The van der Waals surface area contributed by atoms with Gasteiger partial charge in [0.1, 0.15) is 35.8 Å². The van der Waals surface area contributed by atoms with E-state index in [1.54, 1.807) is 67.5 Å². The number of rotatable bonds is 14. The summed E-state index contributed by atoms with van der Waals surface area (Å²) in [6.45, 7) is 19.5. The molecule has 3 saturated heterocycles. The lowest BCUT2D eigenvalue weighted by Crippen LogP contribution is -2.60. The van der Waals surface area contributed by atoms with Crippen molar-refractivity contribution in [3.63, 3.8) is 0 Å². The standard InChI is InChI=1S/C55H87FN2O14/c1-15-43-55(11,65)47(60)36(7)58(24-19-25-67-50(62)33(4)39-22-23-40(41(56)27-39)38-20-17-16-18-21-38)30-31(2)28-53(9,64)49(72-52-45(59)42(57(12)13)26-32(3)68-52)34(5)46(35(6)51(63)70-43)71-44-29-54(10,66-14)48(61)37(8)69-44/h16-18,20-23,27,31-37,42-49,52,59-61,64-65H,15,19,24-26,28-30H2,1-14H3/t31-,32-,33?,34+,35-,36-,37+,42+,43-,44+,45-,46+,47-,48+,49-,52+,53-,54-,55-/m1/s1. The summed E-state index contributed by atoms with van der Waals surface area (Å²) in [4.78, 5) is 31.8. The minimum Gasteiger partial charge on any atom is -0.465 e.